The highest BCUT2D eigenvalue weighted by atomic mass is 16.5. The largest absolute Gasteiger partial charge is 0.389 e. The molecule has 1 rings (SSSR count). The normalized spacial score (nSPS) is 18.9. The van der Waals surface area contributed by atoms with Crippen molar-refractivity contribution < 1.29 is 19.3 Å². The van der Waals surface area contributed by atoms with Crippen LogP contribution in [-0.4, -0.2) is 63.4 Å². The Bertz CT molecular complexity index is 208. The van der Waals surface area contributed by atoms with Gasteiger partial charge >= 0.3 is 0 Å². The maximum absolute atomic E-state index is 9.73. The summed E-state index contributed by atoms with van der Waals surface area (Å²) < 4.78 is 16.0. The Balaban J connectivity index is 1.88. The van der Waals surface area contributed by atoms with Crippen molar-refractivity contribution in [3.05, 3.63) is 0 Å². The first-order valence-electron chi connectivity index (χ1n) is 7.34. The minimum atomic E-state index is -0.445. The van der Waals surface area contributed by atoms with Crippen LogP contribution in [0.5, 0.6) is 0 Å². The number of hydrogen-bond donors (Lipinski definition) is 2. The van der Waals surface area contributed by atoms with Crippen LogP contribution in [0.15, 0.2) is 0 Å². The fraction of sp³-hybridized carbons (Fsp3) is 1.00. The summed E-state index contributed by atoms with van der Waals surface area (Å²) in [4.78, 5) is 0. The minimum Gasteiger partial charge on any atom is -0.389 e. The third-order valence-electron chi connectivity index (χ3n) is 3.14. The van der Waals surface area contributed by atoms with Gasteiger partial charge in [-0.25, -0.2) is 0 Å². The fourth-order valence-corrected chi connectivity index (χ4v) is 2.03. The second-order valence-electron chi connectivity index (χ2n) is 5.36. The highest BCUT2D eigenvalue weighted by Crippen LogP contribution is 2.12. The topological polar surface area (TPSA) is 60.0 Å². The third kappa shape index (κ3) is 9.35. The monoisotopic (exact) mass is 275 g/mol. The zero-order valence-corrected chi connectivity index (χ0v) is 12.3. The molecule has 0 bridgehead atoms. The lowest BCUT2D eigenvalue weighted by Crippen LogP contribution is -2.35. The Kier molecular flexibility index (Phi) is 9.38. The fourth-order valence-electron chi connectivity index (χ4n) is 2.03. The highest BCUT2D eigenvalue weighted by Gasteiger charge is 2.13. The molecular formula is C14H29NO4. The number of hydrogen-bond acceptors (Lipinski definition) is 5. The molecule has 0 amide bonds. The van der Waals surface area contributed by atoms with E-state index in [1.54, 1.807) is 0 Å². The zero-order valence-electron chi connectivity index (χ0n) is 12.3. The van der Waals surface area contributed by atoms with Crippen molar-refractivity contribution in [1.82, 2.24) is 5.32 Å². The van der Waals surface area contributed by atoms with Gasteiger partial charge in [0.05, 0.1) is 32.0 Å². The van der Waals surface area contributed by atoms with E-state index in [0.717, 1.165) is 32.6 Å². The zero-order chi connectivity index (χ0) is 13.9. The van der Waals surface area contributed by atoms with Crippen LogP contribution in [0.3, 0.4) is 0 Å². The van der Waals surface area contributed by atoms with Crippen LogP contribution in [-0.2, 0) is 14.2 Å². The second kappa shape index (κ2) is 10.6. The molecule has 19 heavy (non-hydrogen) atoms. The van der Waals surface area contributed by atoms with Gasteiger partial charge in [-0.3, -0.25) is 0 Å². The molecule has 1 unspecified atom stereocenters. The van der Waals surface area contributed by atoms with Crippen molar-refractivity contribution in [3.63, 3.8) is 0 Å². The average molecular weight is 275 g/mol. The van der Waals surface area contributed by atoms with Gasteiger partial charge in [-0.1, -0.05) is 0 Å². The standard InChI is InChI=1S/C14H29NO4/c1-12(2)19-8-7-18-11-14(16)10-15-9-13-3-5-17-6-4-13/h12-16H,3-11H2,1-2H3. The van der Waals surface area contributed by atoms with E-state index in [-0.39, 0.29) is 6.10 Å². The van der Waals surface area contributed by atoms with Gasteiger partial charge in [0.1, 0.15) is 0 Å². The summed E-state index contributed by atoms with van der Waals surface area (Å²) in [5.41, 5.74) is 0. The molecule has 5 nitrogen and oxygen atoms in total. The molecule has 1 aliphatic heterocycles. The molecule has 0 spiro atoms. The number of aliphatic hydroxyl groups is 1. The smallest absolute Gasteiger partial charge is 0.0897 e. The molecule has 0 aliphatic carbocycles. The van der Waals surface area contributed by atoms with E-state index in [4.69, 9.17) is 14.2 Å². The van der Waals surface area contributed by atoms with Gasteiger partial charge in [0.25, 0.3) is 0 Å². The first-order valence-corrected chi connectivity index (χ1v) is 7.34. The Labute approximate surface area is 116 Å². The van der Waals surface area contributed by atoms with E-state index in [1.165, 1.54) is 0 Å². The van der Waals surface area contributed by atoms with E-state index < -0.39 is 6.10 Å². The van der Waals surface area contributed by atoms with Crippen LogP contribution in [0.25, 0.3) is 0 Å². The molecule has 1 fully saturated rings. The van der Waals surface area contributed by atoms with E-state index >= 15 is 0 Å². The Hall–Kier alpha value is -0.200. The van der Waals surface area contributed by atoms with Crippen LogP contribution >= 0.6 is 0 Å². The van der Waals surface area contributed by atoms with Gasteiger partial charge in [-0.2, -0.15) is 0 Å². The van der Waals surface area contributed by atoms with Gasteiger partial charge in [-0.15, -0.1) is 0 Å². The van der Waals surface area contributed by atoms with Crippen molar-refractivity contribution in [3.8, 4) is 0 Å². The molecule has 5 heteroatoms. The molecule has 114 valence electrons. The molecule has 1 heterocycles. The number of nitrogens with one attached hydrogen (secondary N) is 1. The molecule has 0 saturated carbocycles. The van der Waals surface area contributed by atoms with Crippen molar-refractivity contribution in [2.75, 3.05) is 46.1 Å². The van der Waals surface area contributed by atoms with E-state index in [2.05, 4.69) is 5.32 Å². The number of ether oxygens (including phenoxy) is 3. The highest BCUT2D eigenvalue weighted by molar-refractivity contribution is 4.67. The van der Waals surface area contributed by atoms with Gasteiger partial charge in [0.2, 0.25) is 0 Å². The average Bonchev–Trinajstić information content (AvgIpc) is 2.39. The van der Waals surface area contributed by atoms with Crippen LogP contribution in [0.1, 0.15) is 26.7 Å². The van der Waals surface area contributed by atoms with Crippen molar-refractivity contribution in [1.29, 1.82) is 0 Å². The first-order chi connectivity index (χ1) is 9.18. The van der Waals surface area contributed by atoms with Crippen molar-refractivity contribution in [2.24, 2.45) is 5.92 Å². The third-order valence-corrected chi connectivity index (χ3v) is 3.14. The first kappa shape index (κ1) is 16.9. The molecular weight excluding hydrogens is 246 g/mol. The summed E-state index contributed by atoms with van der Waals surface area (Å²) in [5.74, 6) is 0.682. The second-order valence-corrected chi connectivity index (χ2v) is 5.36. The summed E-state index contributed by atoms with van der Waals surface area (Å²) in [6.07, 6.45) is 2.02. The van der Waals surface area contributed by atoms with Crippen LogP contribution in [0.4, 0.5) is 0 Å². The van der Waals surface area contributed by atoms with Crippen LogP contribution < -0.4 is 5.32 Å². The maximum Gasteiger partial charge on any atom is 0.0897 e. The lowest BCUT2D eigenvalue weighted by Gasteiger charge is -2.23. The number of rotatable bonds is 10. The quantitative estimate of drug-likeness (QED) is 0.578. The minimum absolute atomic E-state index is 0.231. The summed E-state index contributed by atoms with van der Waals surface area (Å²) >= 11 is 0. The van der Waals surface area contributed by atoms with E-state index in [1.807, 2.05) is 13.8 Å². The molecule has 0 aromatic rings. The molecule has 1 atom stereocenters. The van der Waals surface area contributed by atoms with Crippen molar-refractivity contribution >= 4 is 0 Å². The molecule has 0 aromatic heterocycles. The maximum atomic E-state index is 9.73. The predicted molar refractivity (Wildman–Crippen MR) is 74.3 cm³/mol. The van der Waals surface area contributed by atoms with Gasteiger partial charge < -0.3 is 24.6 Å². The summed E-state index contributed by atoms with van der Waals surface area (Å²) in [6, 6.07) is 0. The van der Waals surface area contributed by atoms with E-state index in [9.17, 15) is 5.11 Å². The number of aliphatic hydroxyl groups excluding tert-OH is 1. The van der Waals surface area contributed by atoms with E-state index in [0.29, 0.717) is 32.3 Å². The Morgan fingerprint density at radius 3 is 2.68 bits per heavy atom. The predicted octanol–water partition coefficient (Wildman–Crippen LogP) is 0.805. The molecule has 1 aliphatic rings. The lowest BCUT2D eigenvalue weighted by molar-refractivity contribution is -0.0104. The van der Waals surface area contributed by atoms with Crippen LogP contribution in [0, 0.1) is 5.92 Å². The summed E-state index contributed by atoms with van der Waals surface area (Å²) in [6.45, 7) is 8.75. The van der Waals surface area contributed by atoms with Crippen molar-refractivity contribution in [2.45, 2.75) is 38.9 Å². The molecule has 2 N–H and O–H groups in total. The van der Waals surface area contributed by atoms with Crippen LogP contribution in [0.2, 0.25) is 0 Å². The summed E-state index contributed by atoms with van der Waals surface area (Å²) in [5, 5.41) is 13.0. The Morgan fingerprint density at radius 2 is 2.00 bits per heavy atom. The Morgan fingerprint density at radius 1 is 1.26 bits per heavy atom. The molecule has 0 radical (unpaired) electrons. The van der Waals surface area contributed by atoms with Gasteiger partial charge in [0.15, 0.2) is 0 Å². The SMILES string of the molecule is CC(C)OCCOCC(O)CNCC1CCOCC1. The van der Waals surface area contributed by atoms with Gasteiger partial charge in [0, 0.05) is 19.8 Å². The van der Waals surface area contributed by atoms with Gasteiger partial charge in [-0.05, 0) is 39.2 Å². The summed E-state index contributed by atoms with van der Waals surface area (Å²) in [7, 11) is 0. The molecule has 0 aromatic carbocycles. The molecule has 1 saturated heterocycles. The lowest BCUT2D eigenvalue weighted by atomic mass is 10.0.